The number of hydrogen-bond acceptors (Lipinski definition) is 5. The minimum absolute atomic E-state index is 0.0129. The summed E-state index contributed by atoms with van der Waals surface area (Å²) in [6, 6.07) is 14.9. The van der Waals surface area contributed by atoms with E-state index in [4.69, 9.17) is 14.4 Å². The number of benzene rings is 2. The average molecular weight is 354 g/mol. The maximum absolute atomic E-state index is 11.7. The molecule has 5 nitrogen and oxygen atoms in total. The number of aliphatic hydroxyl groups excluding tert-OH is 1. The lowest BCUT2D eigenvalue weighted by atomic mass is 10.2. The summed E-state index contributed by atoms with van der Waals surface area (Å²) >= 11 is 1.57. The molecular formula is C16H19O5PS. The summed E-state index contributed by atoms with van der Waals surface area (Å²) in [7, 11) is -3.55. The minimum atomic E-state index is -3.55. The van der Waals surface area contributed by atoms with Crippen molar-refractivity contribution in [3.8, 4) is 5.75 Å². The van der Waals surface area contributed by atoms with Crippen LogP contribution in [-0.2, 0) is 15.3 Å². The van der Waals surface area contributed by atoms with Gasteiger partial charge in [-0.1, -0.05) is 23.9 Å². The van der Waals surface area contributed by atoms with Crippen molar-refractivity contribution in [3.05, 3.63) is 54.1 Å². The summed E-state index contributed by atoms with van der Waals surface area (Å²) in [5.41, 5.74) is 0.764. The monoisotopic (exact) mass is 354 g/mol. The van der Waals surface area contributed by atoms with Crippen LogP contribution in [0.3, 0.4) is 0 Å². The predicted molar refractivity (Wildman–Crippen MR) is 89.9 cm³/mol. The van der Waals surface area contributed by atoms with Gasteiger partial charge in [0.25, 0.3) is 0 Å². The van der Waals surface area contributed by atoms with E-state index in [0.29, 0.717) is 5.75 Å². The summed E-state index contributed by atoms with van der Waals surface area (Å²) in [6.07, 6.45) is 0.0129. The Labute approximate surface area is 139 Å². The normalized spacial score (nSPS) is 13.5. The number of hydrogen-bond donors (Lipinski definition) is 2. The van der Waals surface area contributed by atoms with Gasteiger partial charge >= 0.3 is 7.60 Å². The van der Waals surface area contributed by atoms with Crippen molar-refractivity contribution in [2.45, 2.75) is 22.9 Å². The molecule has 2 N–H and O–H groups in total. The number of ether oxygens (including phenoxy) is 1. The molecule has 0 fully saturated rings. The molecule has 0 aromatic heterocycles. The maximum atomic E-state index is 11.7. The van der Waals surface area contributed by atoms with Crippen LogP contribution in [0.15, 0.2) is 58.3 Å². The first-order valence-electron chi connectivity index (χ1n) is 7.09. The Balaban J connectivity index is 1.98. The van der Waals surface area contributed by atoms with Gasteiger partial charge in [0.15, 0.2) is 6.79 Å². The molecule has 0 bridgehead atoms. The highest BCUT2D eigenvalue weighted by Gasteiger charge is 2.18. The molecular weight excluding hydrogens is 335 g/mol. The Bertz CT molecular complexity index is 657. The summed E-state index contributed by atoms with van der Waals surface area (Å²) in [6.45, 7) is 1.57. The minimum Gasteiger partial charge on any atom is -0.468 e. The third-order valence-corrected chi connectivity index (χ3v) is 5.37. The lowest BCUT2D eigenvalue weighted by Crippen LogP contribution is -1.93. The Kier molecular flexibility index (Phi) is 6.69. The van der Waals surface area contributed by atoms with Gasteiger partial charge < -0.3 is 19.3 Å². The molecule has 0 aliphatic rings. The lowest BCUT2D eigenvalue weighted by Gasteiger charge is -2.11. The van der Waals surface area contributed by atoms with Crippen molar-refractivity contribution in [2.24, 2.45) is 0 Å². The van der Waals surface area contributed by atoms with Gasteiger partial charge in [-0.15, -0.1) is 0 Å². The van der Waals surface area contributed by atoms with Crippen molar-refractivity contribution in [3.63, 3.8) is 0 Å². The molecule has 2 aromatic rings. The van der Waals surface area contributed by atoms with Crippen LogP contribution in [0.4, 0.5) is 0 Å². The summed E-state index contributed by atoms with van der Waals surface area (Å²) < 4.78 is 21.6. The van der Waals surface area contributed by atoms with E-state index < -0.39 is 7.60 Å². The molecule has 23 heavy (non-hydrogen) atoms. The van der Waals surface area contributed by atoms with Gasteiger partial charge in [-0.25, -0.2) is 0 Å². The van der Waals surface area contributed by atoms with Gasteiger partial charge in [0, 0.05) is 9.79 Å². The highest BCUT2D eigenvalue weighted by Crippen LogP contribution is 2.45. The molecule has 0 heterocycles. The SMILES string of the molecule is CCOP(=O)(O)Cc1ccc(Sc2ccc(OCO)cc2)cc1. The van der Waals surface area contributed by atoms with Crippen LogP contribution in [0.25, 0.3) is 0 Å². The Morgan fingerprint density at radius 3 is 2.13 bits per heavy atom. The van der Waals surface area contributed by atoms with Gasteiger partial charge in [0.1, 0.15) is 5.75 Å². The van der Waals surface area contributed by atoms with Crippen LogP contribution in [0.2, 0.25) is 0 Å². The average Bonchev–Trinajstić information content (AvgIpc) is 2.51. The largest absolute Gasteiger partial charge is 0.468 e. The van der Waals surface area contributed by atoms with Crippen molar-refractivity contribution in [1.29, 1.82) is 0 Å². The first-order chi connectivity index (χ1) is 11.0. The Hall–Kier alpha value is -1.30. The molecule has 124 valence electrons. The van der Waals surface area contributed by atoms with Crippen molar-refractivity contribution >= 4 is 19.4 Å². The van der Waals surface area contributed by atoms with E-state index in [1.54, 1.807) is 30.8 Å². The van der Waals surface area contributed by atoms with Crippen LogP contribution in [0.1, 0.15) is 12.5 Å². The zero-order chi connectivity index (χ0) is 16.7. The number of aliphatic hydroxyl groups is 1. The summed E-state index contributed by atoms with van der Waals surface area (Å²) in [5, 5.41) is 8.69. The van der Waals surface area contributed by atoms with E-state index >= 15 is 0 Å². The fourth-order valence-electron chi connectivity index (χ4n) is 1.96. The molecule has 2 aromatic carbocycles. The second-order valence-corrected chi connectivity index (χ2v) is 7.70. The lowest BCUT2D eigenvalue weighted by molar-refractivity contribution is 0.0985. The van der Waals surface area contributed by atoms with E-state index in [1.165, 1.54) is 0 Å². The molecule has 0 saturated heterocycles. The smallest absolute Gasteiger partial charge is 0.332 e. The Morgan fingerprint density at radius 1 is 1.04 bits per heavy atom. The van der Waals surface area contributed by atoms with Gasteiger partial charge in [-0.3, -0.25) is 4.57 Å². The molecule has 1 atom stereocenters. The molecule has 1 unspecified atom stereocenters. The molecule has 0 aliphatic carbocycles. The summed E-state index contributed by atoms with van der Waals surface area (Å²) in [5.74, 6) is 0.613. The molecule has 0 saturated carbocycles. The number of rotatable bonds is 8. The van der Waals surface area contributed by atoms with Gasteiger partial charge in [-0.2, -0.15) is 0 Å². The quantitative estimate of drug-likeness (QED) is 0.553. The topological polar surface area (TPSA) is 76.0 Å². The molecule has 0 aliphatic heterocycles. The van der Waals surface area contributed by atoms with Gasteiger partial charge in [0.05, 0.1) is 12.8 Å². The molecule has 0 radical (unpaired) electrons. The first-order valence-corrected chi connectivity index (χ1v) is 9.67. The van der Waals surface area contributed by atoms with Crippen LogP contribution < -0.4 is 4.74 Å². The van der Waals surface area contributed by atoms with Crippen LogP contribution in [0.5, 0.6) is 5.75 Å². The van der Waals surface area contributed by atoms with Gasteiger partial charge in [-0.05, 0) is 48.9 Å². The zero-order valence-corrected chi connectivity index (χ0v) is 14.4. The fourth-order valence-corrected chi connectivity index (χ4v) is 3.94. The predicted octanol–water partition coefficient (Wildman–Crippen LogP) is 3.89. The summed E-state index contributed by atoms with van der Waals surface area (Å²) in [4.78, 5) is 11.7. The Morgan fingerprint density at radius 2 is 1.61 bits per heavy atom. The highest BCUT2D eigenvalue weighted by molar-refractivity contribution is 7.99. The standard InChI is InChI=1S/C16H19O5PS/c1-2-21-22(18,19)11-13-3-7-15(8-4-13)23-16-9-5-14(6-10-16)20-12-17/h3-10,17H,2,11-12H2,1H3,(H,18,19). The van der Waals surface area contributed by atoms with Crippen molar-refractivity contribution in [2.75, 3.05) is 13.4 Å². The third kappa shape index (κ3) is 6.01. The van der Waals surface area contributed by atoms with Crippen molar-refractivity contribution in [1.82, 2.24) is 0 Å². The molecule has 0 amide bonds. The zero-order valence-electron chi connectivity index (χ0n) is 12.7. The maximum Gasteiger partial charge on any atom is 0.332 e. The third-order valence-electron chi connectivity index (χ3n) is 2.93. The first kappa shape index (κ1) is 18.0. The molecule has 2 rings (SSSR count). The van der Waals surface area contributed by atoms with Gasteiger partial charge in [0.2, 0.25) is 0 Å². The highest BCUT2D eigenvalue weighted by atomic mass is 32.2. The van der Waals surface area contributed by atoms with Crippen LogP contribution >= 0.6 is 19.4 Å². The molecule has 0 spiro atoms. The van der Waals surface area contributed by atoms with Crippen LogP contribution in [0, 0.1) is 0 Å². The fraction of sp³-hybridized carbons (Fsp3) is 0.250. The van der Waals surface area contributed by atoms with Crippen LogP contribution in [-0.4, -0.2) is 23.4 Å². The molecule has 7 heteroatoms. The van der Waals surface area contributed by atoms with E-state index in [1.807, 2.05) is 36.4 Å². The second-order valence-electron chi connectivity index (χ2n) is 4.70. The van der Waals surface area contributed by atoms with Crippen molar-refractivity contribution < 1.29 is 23.8 Å². The van der Waals surface area contributed by atoms with E-state index in [9.17, 15) is 9.46 Å². The second kappa shape index (κ2) is 8.52. The van der Waals surface area contributed by atoms with E-state index in [-0.39, 0.29) is 19.6 Å². The van der Waals surface area contributed by atoms with E-state index in [2.05, 4.69) is 0 Å². The van der Waals surface area contributed by atoms with E-state index in [0.717, 1.165) is 15.4 Å².